The van der Waals surface area contributed by atoms with Crippen LogP contribution in [-0.2, 0) is 5.41 Å². The standard InChI is InChI=1S/C19H18N2/c1-19(2)14-7-8-16(20)18(21)17(14)13-9-11-5-3-4-6-12(11)10-15(13)19/h3-10H,20-21H2,1-2H3. The molecule has 0 amide bonds. The van der Waals surface area contributed by atoms with Gasteiger partial charge in [0.15, 0.2) is 0 Å². The van der Waals surface area contributed by atoms with Crippen LogP contribution in [0.1, 0.15) is 25.0 Å². The highest BCUT2D eigenvalue weighted by Gasteiger charge is 2.37. The van der Waals surface area contributed by atoms with Gasteiger partial charge in [0.25, 0.3) is 0 Å². The van der Waals surface area contributed by atoms with Gasteiger partial charge in [-0.15, -0.1) is 0 Å². The smallest absolute Gasteiger partial charge is 0.0630 e. The van der Waals surface area contributed by atoms with Crippen molar-refractivity contribution in [2.45, 2.75) is 19.3 Å². The van der Waals surface area contributed by atoms with E-state index < -0.39 is 0 Å². The normalized spacial score (nSPS) is 15.0. The first-order valence-electron chi connectivity index (χ1n) is 7.22. The Morgan fingerprint density at radius 3 is 2.19 bits per heavy atom. The first-order valence-corrected chi connectivity index (χ1v) is 7.22. The SMILES string of the molecule is CC1(C)c2cc3ccccc3cc2-c2c1ccc(N)c2N. The van der Waals surface area contributed by atoms with Crippen LogP contribution in [0.3, 0.4) is 0 Å². The molecule has 0 saturated heterocycles. The molecule has 3 aromatic rings. The fourth-order valence-corrected chi connectivity index (χ4v) is 3.56. The maximum atomic E-state index is 6.29. The Morgan fingerprint density at radius 2 is 1.48 bits per heavy atom. The Kier molecular flexibility index (Phi) is 2.22. The van der Waals surface area contributed by atoms with Crippen LogP contribution in [0.4, 0.5) is 11.4 Å². The zero-order valence-corrected chi connectivity index (χ0v) is 12.3. The van der Waals surface area contributed by atoms with Crippen LogP contribution in [0.5, 0.6) is 0 Å². The summed E-state index contributed by atoms with van der Waals surface area (Å²) in [5.74, 6) is 0. The van der Waals surface area contributed by atoms with E-state index in [1.807, 2.05) is 6.07 Å². The van der Waals surface area contributed by atoms with E-state index in [1.165, 1.54) is 27.5 Å². The highest BCUT2D eigenvalue weighted by Crippen LogP contribution is 2.52. The summed E-state index contributed by atoms with van der Waals surface area (Å²) >= 11 is 0. The zero-order valence-electron chi connectivity index (χ0n) is 12.3. The molecule has 3 aromatic carbocycles. The van der Waals surface area contributed by atoms with Crippen molar-refractivity contribution in [2.75, 3.05) is 11.5 Å². The lowest BCUT2D eigenvalue weighted by Crippen LogP contribution is -2.15. The van der Waals surface area contributed by atoms with Crippen LogP contribution in [0, 0.1) is 0 Å². The van der Waals surface area contributed by atoms with E-state index in [0.29, 0.717) is 11.4 Å². The predicted octanol–water partition coefficient (Wildman–Crippen LogP) is 4.31. The molecule has 0 fully saturated rings. The number of benzene rings is 3. The zero-order chi connectivity index (χ0) is 14.8. The minimum atomic E-state index is -0.0451. The third-order valence-corrected chi connectivity index (χ3v) is 4.78. The van der Waals surface area contributed by atoms with E-state index in [1.54, 1.807) is 0 Å². The third kappa shape index (κ3) is 1.47. The maximum Gasteiger partial charge on any atom is 0.0630 e. The summed E-state index contributed by atoms with van der Waals surface area (Å²) in [6.45, 7) is 4.50. The molecule has 0 saturated carbocycles. The molecule has 0 aromatic heterocycles. The summed E-state index contributed by atoms with van der Waals surface area (Å²) in [5.41, 5.74) is 18.6. The van der Waals surface area contributed by atoms with Gasteiger partial charge in [-0.25, -0.2) is 0 Å². The molecule has 4 rings (SSSR count). The molecular formula is C19H18N2. The Hall–Kier alpha value is -2.48. The van der Waals surface area contributed by atoms with E-state index in [9.17, 15) is 0 Å². The molecule has 4 N–H and O–H groups in total. The lowest BCUT2D eigenvalue weighted by Gasteiger charge is -2.22. The molecule has 0 spiro atoms. The van der Waals surface area contributed by atoms with Crippen molar-refractivity contribution < 1.29 is 0 Å². The lowest BCUT2D eigenvalue weighted by atomic mass is 9.82. The van der Waals surface area contributed by atoms with Gasteiger partial charge in [-0.05, 0) is 45.7 Å². The average Bonchev–Trinajstić information content (AvgIpc) is 2.69. The fraction of sp³-hybridized carbons (Fsp3) is 0.158. The summed E-state index contributed by atoms with van der Waals surface area (Å²) < 4.78 is 0. The second-order valence-electron chi connectivity index (χ2n) is 6.36. The molecule has 21 heavy (non-hydrogen) atoms. The second-order valence-corrected chi connectivity index (χ2v) is 6.36. The summed E-state index contributed by atoms with van der Waals surface area (Å²) in [4.78, 5) is 0. The first-order chi connectivity index (χ1) is 10.00. The summed E-state index contributed by atoms with van der Waals surface area (Å²) in [6.07, 6.45) is 0. The molecule has 1 aliphatic carbocycles. The Bertz CT molecular complexity index is 891. The molecule has 2 nitrogen and oxygen atoms in total. The van der Waals surface area contributed by atoms with Crippen molar-refractivity contribution in [3.05, 3.63) is 59.7 Å². The van der Waals surface area contributed by atoms with E-state index >= 15 is 0 Å². The molecule has 0 bridgehead atoms. The molecule has 0 unspecified atom stereocenters. The molecule has 0 heterocycles. The van der Waals surface area contributed by atoms with Crippen LogP contribution in [0.25, 0.3) is 21.9 Å². The summed E-state index contributed by atoms with van der Waals surface area (Å²) in [5, 5.41) is 2.50. The van der Waals surface area contributed by atoms with Crippen LogP contribution >= 0.6 is 0 Å². The molecule has 104 valence electrons. The van der Waals surface area contributed by atoms with Crippen molar-refractivity contribution in [3.63, 3.8) is 0 Å². The lowest BCUT2D eigenvalue weighted by molar-refractivity contribution is 0.661. The monoisotopic (exact) mass is 274 g/mol. The first kappa shape index (κ1) is 12.3. The second kappa shape index (κ2) is 3.79. The van der Waals surface area contributed by atoms with E-state index in [0.717, 1.165) is 5.56 Å². The summed E-state index contributed by atoms with van der Waals surface area (Å²) in [6, 6.07) is 17.0. The summed E-state index contributed by atoms with van der Waals surface area (Å²) in [7, 11) is 0. The van der Waals surface area contributed by atoms with Crippen LogP contribution in [0.2, 0.25) is 0 Å². The van der Waals surface area contributed by atoms with E-state index in [4.69, 9.17) is 11.5 Å². The minimum Gasteiger partial charge on any atom is -0.397 e. The number of rotatable bonds is 0. The van der Waals surface area contributed by atoms with Gasteiger partial charge in [0.1, 0.15) is 0 Å². The van der Waals surface area contributed by atoms with Crippen molar-refractivity contribution in [3.8, 4) is 11.1 Å². The van der Waals surface area contributed by atoms with Gasteiger partial charge in [0.2, 0.25) is 0 Å². The number of hydrogen-bond donors (Lipinski definition) is 2. The number of nitrogen functional groups attached to an aromatic ring is 2. The number of nitrogens with two attached hydrogens (primary N) is 2. The number of hydrogen-bond acceptors (Lipinski definition) is 2. The van der Waals surface area contributed by atoms with Gasteiger partial charge in [0, 0.05) is 11.0 Å². The van der Waals surface area contributed by atoms with Crippen molar-refractivity contribution in [1.29, 1.82) is 0 Å². The quantitative estimate of drug-likeness (QED) is 0.600. The Labute approximate surface area is 124 Å². The Balaban J connectivity index is 2.17. The maximum absolute atomic E-state index is 6.29. The molecule has 0 radical (unpaired) electrons. The van der Waals surface area contributed by atoms with Crippen molar-refractivity contribution in [1.82, 2.24) is 0 Å². The predicted molar refractivity (Wildman–Crippen MR) is 90.3 cm³/mol. The van der Waals surface area contributed by atoms with Crippen LogP contribution < -0.4 is 11.5 Å². The van der Waals surface area contributed by atoms with Gasteiger partial charge < -0.3 is 11.5 Å². The third-order valence-electron chi connectivity index (χ3n) is 4.78. The van der Waals surface area contributed by atoms with E-state index in [2.05, 4.69) is 56.3 Å². The molecule has 2 heteroatoms. The molecule has 0 atom stereocenters. The molecular weight excluding hydrogens is 256 g/mol. The van der Waals surface area contributed by atoms with Gasteiger partial charge in [-0.2, -0.15) is 0 Å². The topological polar surface area (TPSA) is 52.0 Å². The molecule has 0 aliphatic heterocycles. The van der Waals surface area contributed by atoms with Gasteiger partial charge in [-0.1, -0.05) is 44.2 Å². The van der Waals surface area contributed by atoms with Crippen LogP contribution in [0.15, 0.2) is 48.5 Å². The fourth-order valence-electron chi connectivity index (χ4n) is 3.56. The largest absolute Gasteiger partial charge is 0.397 e. The van der Waals surface area contributed by atoms with Gasteiger partial charge in [-0.3, -0.25) is 0 Å². The minimum absolute atomic E-state index is 0.0451. The number of fused-ring (bicyclic) bond motifs is 4. The highest BCUT2D eigenvalue weighted by molar-refractivity contribution is 5.99. The van der Waals surface area contributed by atoms with Gasteiger partial charge >= 0.3 is 0 Å². The number of anilines is 2. The van der Waals surface area contributed by atoms with Crippen molar-refractivity contribution >= 4 is 22.1 Å². The Morgan fingerprint density at radius 1 is 0.810 bits per heavy atom. The average molecular weight is 274 g/mol. The van der Waals surface area contributed by atoms with Crippen LogP contribution in [-0.4, -0.2) is 0 Å². The van der Waals surface area contributed by atoms with E-state index in [-0.39, 0.29) is 5.41 Å². The van der Waals surface area contributed by atoms with Gasteiger partial charge in [0.05, 0.1) is 11.4 Å². The highest BCUT2D eigenvalue weighted by atomic mass is 14.7. The molecule has 1 aliphatic rings. The van der Waals surface area contributed by atoms with Crippen molar-refractivity contribution in [2.24, 2.45) is 0 Å².